The Hall–Kier alpha value is -3.39. The Balaban J connectivity index is 1.41. The monoisotopic (exact) mass is 437 g/mol. The smallest absolute Gasteiger partial charge is 0.274 e. The highest BCUT2D eigenvalue weighted by molar-refractivity contribution is 7.92. The summed E-state index contributed by atoms with van der Waals surface area (Å²) in [6, 6.07) is 19.2. The van der Waals surface area contributed by atoms with Crippen LogP contribution in [0.5, 0.6) is 0 Å². The van der Waals surface area contributed by atoms with Gasteiger partial charge in [-0.15, -0.1) is 0 Å². The number of H-pyrrole nitrogens is 1. The van der Waals surface area contributed by atoms with Crippen molar-refractivity contribution < 1.29 is 18.2 Å². The minimum absolute atomic E-state index is 0.0903. The van der Waals surface area contributed by atoms with E-state index >= 15 is 0 Å². The molecule has 1 aliphatic rings. The van der Waals surface area contributed by atoms with E-state index in [0.29, 0.717) is 24.3 Å². The van der Waals surface area contributed by atoms with Crippen LogP contribution in [0.4, 0.5) is 11.5 Å². The summed E-state index contributed by atoms with van der Waals surface area (Å²) < 4.78 is 28.0. The molecule has 1 aromatic heterocycles. The van der Waals surface area contributed by atoms with Crippen molar-refractivity contribution in [1.29, 1.82) is 0 Å². The zero-order valence-corrected chi connectivity index (χ0v) is 18.1. The second-order valence-electron chi connectivity index (χ2n) is 7.47. The van der Waals surface area contributed by atoms with Crippen LogP contribution in [0.25, 0.3) is 0 Å². The van der Waals surface area contributed by atoms with E-state index in [-0.39, 0.29) is 10.8 Å². The molecule has 7 nitrogen and oxygen atoms in total. The van der Waals surface area contributed by atoms with Crippen molar-refractivity contribution in [3.63, 3.8) is 0 Å². The van der Waals surface area contributed by atoms with Crippen LogP contribution in [0, 0.1) is 6.92 Å². The fourth-order valence-electron chi connectivity index (χ4n) is 3.58. The van der Waals surface area contributed by atoms with Gasteiger partial charge in [0.05, 0.1) is 29.9 Å². The number of carbonyl (C=O) groups excluding carboxylic acids is 1. The highest BCUT2D eigenvalue weighted by atomic mass is 32.2. The van der Waals surface area contributed by atoms with Gasteiger partial charge >= 0.3 is 0 Å². The molecular weight excluding hydrogens is 412 g/mol. The molecule has 1 fully saturated rings. The normalized spacial score (nSPS) is 14.4. The first-order valence-corrected chi connectivity index (χ1v) is 11.6. The van der Waals surface area contributed by atoms with E-state index in [9.17, 15) is 13.2 Å². The molecule has 8 heteroatoms. The summed E-state index contributed by atoms with van der Waals surface area (Å²) in [5.74, 6) is 0.942. The SMILES string of the molecule is Cc1ccccc1NS(=O)(=O)c1ccc(C(=O)N2CCN(c3cccc[nH+]3)CC2)cc1. The number of rotatable bonds is 5. The average molecular weight is 438 g/mol. The van der Waals surface area contributed by atoms with Gasteiger partial charge in [-0.3, -0.25) is 14.4 Å². The van der Waals surface area contributed by atoms with Crippen molar-refractivity contribution in [1.82, 2.24) is 4.90 Å². The molecule has 1 amide bonds. The van der Waals surface area contributed by atoms with E-state index in [4.69, 9.17) is 0 Å². The van der Waals surface area contributed by atoms with Gasteiger partial charge in [0.1, 0.15) is 13.1 Å². The zero-order chi connectivity index (χ0) is 21.8. The van der Waals surface area contributed by atoms with Gasteiger partial charge < -0.3 is 4.90 Å². The summed E-state index contributed by atoms with van der Waals surface area (Å²) in [6.07, 6.45) is 1.89. The van der Waals surface area contributed by atoms with E-state index in [0.717, 1.165) is 24.5 Å². The maximum Gasteiger partial charge on any atom is 0.274 e. The Morgan fingerprint density at radius 3 is 2.23 bits per heavy atom. The van der Waals surface area contributed by atoms with Crippen molar-refractivity contribution in [2.75, 3.05) is 35.8 Å². The minimum atomic E-state index is -3.73. The van der Waals surface area contributed by atoms with E-state index < -0.39 is 10.0 Å². The molecule has 0 atom stereocenters. The number of amides is 1. The molecule has 2 heterocycles. The lowest BCUT2D eigenvalue weighted by atomic mass is 10.2. The molecule has 0 spiro atoms. The standard InChI is InChI=1S/C23H24N4O3S/c1-18-6-2-3-7-21(18)25-31(29,30)20-11-9-19(10-12-20)23(28)27-16-14-26(15-17-27)22-8-4-5-13-24-22/h2-13,25H,14-17H2,1H3/p+1. The topological polar surface area (TPSA) is 83.9 Å². The molecule has 160 valence electrons. The van der Waals surface area contributed by atoms with Crippen LogP contribution in [0.15, 0.2) is 77.8 Å². The largest absolute Gasteiger partial charge is 0.331 e. The number of aromatic nitrogens is 1. The number of piperazine rings is 1. The van der Waals surface area contributed by atoms with Gasteiger partial charge in [-0.2, -0.15) is 0 Å². The second kappa shape index (κ2) is 8.77. The number of aryl methyl sites for hydroxylation is 1. The Labute approximate surface area is 182 Å². The number of benzene rings is 2. The lowest BCUT2D eigenvalue weighted by molar-refractivity contribution is -0.364. The predicted molar refractivity (Wildman–Crippen MR) is 120 cm³/mol. The molecule has 0 radical (unpaired) electrons. The van der Waals surface area contributed by atoms with Crippen molar-refractivity contribution in [2.45, 2.75) is 11.8 Å². The first kappa shape index (κ1) is 20.9. The summed E-state index contributed by atoms with van der Waals surface area (Å²) in [6.45, 7) is 4.53. The van der Waals surface area contributed by atoms with Crippen LogP contribution in [-0.4, -0.2) is 45.4 Å². The number of hydrogen-bond acceptors (Lipinski definition) is 4. The van der Waals surface area contributed by atoms with Gasteiger partial charge in [-0.1, -0.05) is 24.3 Å². The van der Waals surface area contributed by atoms with Gasteiger partial charge in [0.2, 0.25) is 0 Å². The molecule has 31 heavy (non-hydrogen) atoms. The van der Waals surface area contributed by atoms with Gasteiger partial charge in [-0.25, -0.2) is 13.4 Å². The highest BCUT2D eigenvalue weighted by Crippen LogP contribution is 2.20. The maximum absolute atomic E-state index is 12.9. The molecule has 1 aliphatic heterocycles. The number of nitrogens with one attached hydrogen (secondary N) is 2. The Morgan fingerprint density at radius 1 is 0.903 bits per heavy atom. The maximum atomic E-state index is 12.9. The minimum Gasteiger partial charge on any atom is -0.331 e. The lowest BCUT2D eigenvalue weighted by Gasteiger charge is -2.31. The van der Waals surface area contributed by atoms with E-state index in [1.54, 1.807) is 29.2 Å². The molecule has 4 rings (SSSR count). The first-order valence-electron chi connectivity index (χ1n) is 10.1. The molecule has 0 bridgehead atoms. The molecule has 0 unspecified atom stereocenters. The molecule has 1 saturated heterocycles. The van der Waals surface area contributed by atoms with Crippen LogP contribution in [-0.2, 0) is 10.0 Å². The summed E-state index contributed by atoms with van der Waals surface area (Å²) in [4.78, 5) is 20.2. The van der Waals surface area contributed by atoms with Crippen molar-refractivity contribution >= 4 is 27.4 Å². The number of anilines is 2. The quantitative estimate of drug-likeness (QED) is 0.665. The van der Waals surface area contributed by atoms with Crippen molar-refractivity contribution in [3.05, 3.63) is 84.1 Å². The lowest BCUT2D eigenvalue weighted by Crippen LogP contribution is -2.50. The summed E-state index contributed by atoms with van der Waals surface area (Å²) >= 11 is 0. The number of hydrogen-bond donors (Lipinski definition) is 1. The Morgan fingerprint density at radius 2 is 1.58 bits per heavy atom. The molecular formula is C23H25N4O3S+. The number of aromatic amines is 1. The molecule has 2 aromatic carbocycles. The molecule has 2 N–H and O–H groups in total. The van der Waals surface area contributed by atoms with Crippen molar-refractivity contribution in [3.8, 4) is 0 Å². The van der Waals surface area contributed by atoms with Crippen molar-refractivity contribution in [2.24, 2.45) is 0 Å². The number of carbonyl (C=O) groups is 1. The molecule has 0 aliphatic carbocycles. The fourth-order valence-corrected chi connectivity index (χ4v) is 4.71. The van der Waals surface area contributed by atoms with Crippen LogP contribution in [0.2, 0.25) is 0 Å². The highest BCUT2D eigenvalue weighted by Gasteiger charge is 2.27. The van der Waals surface area contributed by atoms with Gasteiger partial charge in [-0.05, 0) is 48.9 Å². The third-order valence-corrected chi connectivity index (χ3v) is 6.78. The number of para-hydroxylation sites is 1. The Bertz CT molecular complexity index is 1160. The predicted octanol–water partition coefficient (Wildman–Crippen LogP) is 2.57. The van der Waals surface area contributed by atoms with Gasteiger partial charge in [0, 0.05) is 11.6 Å². The van der Waals surface area contributed by atoms with Crippen LogP contribution >= 0.6 is 0 Å². The van der Waals surface area contributed by atoms with Gasteiger partial charge in [0.25, 0.3) is 21.7 Å². The summed E-state index contributed by atoms with van der Waals surface area (Å²) in [7, 11) is -3.73. The molecule has 3 aromatic rings. The number of sulfonamides is 1. The van der Waals surface area contributed by atoms with Crippen LogP contribution in [0.3, 0.4) is 0 Å². The third kappa shape index (κ3) is 4.69. The second-order valence-corrected chi connectivity index (χ2v) is 9.15. The first-order chi connectivity index (χ1) is 14.9. The number of nitrogens with zero attached hydrogens (tertiary/aromatic N) is 2. The fraction of sp³-hybridized carbons (Fsp3) is 0.217. The number of pyridine rings is 1. The third-order valence-electron chi connectivity index (χ3n) is 5.40. The average Bonchev–Trinajstić information content (AvgIpc) is 2.81. The zero-order valence-electron chi connectivity index (χ0n) is 17.3. The van der Waals surface area contributed by atoms with E-state index in [1.807, 2.05) is 43.5 Å². The van der Waals surface area contributed by atoms with E-state index in [1.165, 1.54) is 12.1 Å². The summed E-state index contributed by atoms with van der Waals surface area (Å²) in [5, 5.41) is 0. The van der Waals surface area contributed by atoms with Gasteiger partial charge in [0.15, 0.2) is 0 Å². The summed E-state index contributed by atoms with van der Waals surface area (Å²) in [5.41, 5.74) is 1.86. The van der Waals surface area contributed by atoms with E-state index in [2.05, 4.69) is 14.6 Å². The molecule has 0 saturated carbocycles. The Kier molecular flexibility index (Phi) is 5.90. The van der Waals surface area contributed by atoms with Crippen LogP contribution < -0.4 is 14.6 Å². The van der Waals surface area contributed by atoms with Crippen LogP contribution in [0.1, 0.15) is 15.9 Å².